The maximum absolute atomic E-state index is 11.9. The van der Waals surface area contributed by atoms with E-state index in [1.165, 1.54) is 11.8 Å². The molecule has 1 nitrogen and oxygen atoms in total. The SMILES string of the molecule is O=C(CSc1cccc(Cl)c1Cl)c1ccccc1. The Balaban J connectivity index is 2.04. The highest BCUT2D eigenvalue weighted by molar-refractivity contribution is 8.00. The maximum Gasteiger partial charge on any atom is 0.173 e. The Labute approximate surface area is 120 Å². The lowest BCUT2D eigenvalue weighted by molar-refractivity contribution is 0.102. The van der Waals surface area contributed by atoms with Crippen molar-refractivity contribution in [2.75, 3.05) is 5.75 Å². The summed E-state index contributed by atoms with van der Waals surface area (Å²) in [4.78, 5) is 12.7. The van der Waals surface area contributed by atoms with E-state index in [1.807, 2.05) is 42.5 Å². The number of carbonyl (C=O) groups excluding carboxylic acids is 1. The highest BCUT2D eigenvalue weighted by atomic mass is 35.5. The zero-order valence-electron chi connectivity index (χ0n) is 9.40. The van der Waals surface area contributed by atoms with Gasteiger partial charge in [0.25, 0.3) is 0 Å². The van der Waals surface area contributed by atoms with Crippen LogP contribution in [0.15, 0.2) is 53.4 Å². The van der Waals surface area contributed by atoms with Crippen molar-refractivity contribution in [3.63, 3.8) is 0 Å². The highest BCUT2D eigenvalue weighted by Crippen LogP contribution is 2.33. The molecule has 0 radical (unpaired) electrons. The number of carbonyl (C=O) groups is 1. The zero-order valence-corrected chi connectivity index (χ0v) is 11.7. The lowest BCUT2D eigenvalue weighted by Crippen LogP contribution is -2.01. The average molecular weight is 297 g/mol. The van der Waals surface area contributed by atoms with E-state index >= 15 is 0 Å². The van der Waals surface area contributed by atoms with Gasteiger partial charge in [0, 0.05) is 10.5 Å². The van der Waals surface area contributed by atoms with E-state index < -0.39 is 0 Å². The van der Waals surface area contributed by atoms with Gasteiger partial charge in [-0.25, -0.2) is 0 Å². The first kappa shape index (κ1) is 13.5. The predicted molar refractivity (Wildman–Crippen MR) is 78.0 cm³/mol. The molecule has 2 aromatic rings. The molecule has 0 unspecified atom stereocenters. The monoisotopic (exact) mass is 296 g/mol. The van der Waals surface area contributed by atoms with Gasteiger partial charge in [0.05, 0.1) is 15.8 Å². The Morgan fingerprint density at radius 2 is 1.72 bits per heavy atom. The molecule has 92 valence electrons. The quantitative estimate of drug-likeness (QED) is 0.585. The van der Waals surface area contributed by atoms with E-state index in [1.54, 1.807) is 6.07 Å². The van der Waals surface area contributed by atoms with Crippen molar-refractivity contribution >= 4 is 40.7 Å². The molecule has 0 fully saturated rings. The van der Waals surface area contributed by atoms with Gasteiger partial charge in [-0.1, -0.05) is 59.6 Å². The summed E-state index contributed by atoms with van der Waals surface area (Å²) in [5.74, 6) is 0.431. The summed E-state index contributed by atoms with van der Waals surface area (Å²) in [7, 11) is 0. The van der Waals surface area contributed by atoms with E-state index in [9.17, 15) is 4.79 Å². The van der Waals surface area contributed by atoms with Gasteiger partial charge in [0.15, 0.2) is 5.78 Å². The van der Waals surface area contributed by atoms with Crippen molar-refractivity contribution in [1.82, 2.24) is 0 Å². The molecule has 0 bridgehead atoms. The Morgan fingerprint density at radius 1 is 1.00 bits per heavy atom. The van der Waals surface area contributed by atoms with Gasteiger partial charge in [-0.3, -0.25) is 4.79 Å². The van der Waals surface area contributed by atoms with Gasteiger partial charge < -0.3 is 0 Å². The molecule has 0 spiro atoms. The Morgan fingerprint density at radius 3 is 2.44 bits per heavy atom. The van der Waals surface area contributed by atoms with Crippen LogP contribution in [-0.2, 0) is 0 Å². The first-order valence-corrected chi connectivity index (χ1v) is 7.07. The number of hydrogen-bond donors (Lipinski definition) is 0. The number of Topliss-reactive ketones (excluding diaryl/α,β-unsaturated/α-hetero) is 1. The van der Waals surface area contributed by atoms with Crippen LogP contribution < -0.4 is 0 Å². The summed E-state index contributed by atoms with van der Waals surface area (Å²) in [6.07, 6.45) is 0. The van der Waals surface area contributed by atoms with E-state index in [2.05, 4.69) is 0 Å². The van der Waals surface area contributed by atoms with Gasteiger partial charge in [-0.05, 0) is 12.1 Å². The van der Waals surface area contributed by atoms with Crippen LogP contribution in [0.5, 0.6) is 0 Å². The highest BCUT2D eigenvalue weighted by Gasteiger charge is 2.09. The molecular weight excluding hydrogens is 287 g/mol. The molecule has 0 aliphatic carbocycles. The second kappa shape index (κ2) is 6.28. The van der Waals surface area contributed by atoms with Crippen molar-refractivity contribution in [1.29, 1.82) is 0 Å². The molecule has 4 heteroatoms. The van der Waals surface area contributed by atoms with Gasteiger partial charge in [-0.15, -0.1) is 11.8 Å². The number of ketones is 1. The van der Waals surface area contributed by atoms with Crippen molar-refractivity contribution in [2.45, 2.75) is 4.90 Å². The molecule has 0 aromatic heterocycles. The van der Waals surface area contributed by atoms with Crippen molar-refractivity contribution in [3.8, 4) is 0 Å². The van der Waals surface area contributed by atoms with E-state index in [0.29, 0.717) is 21.4 Å². The van der Waals surface area contributed by atoms with Gasteiger partial charge in [0.1, 0.15) is 0 Å². The van der Waals surface area contributed by atoms with Crippen LogP contribution in [-0.4, -0.2) is 11.5 Å². The molecular formula is C14H10Cl2OS. The number of thioether (sulfide) groups is 1. The molecule has 0 aliphatic rings. The normalized spacial score (nSPS) is 10.3. The number of hydrogen-bond acceptors (Lipinski definition) is 2. The van der Waals surface area contributed by atoms with Crippen LogP contribution in [0.25, 0.3) is 0 Å². The summed E-state index contributed by atoms with van der Waals surface area (Å²) >= 11 is 13.4. The number of rotatable bonds is 4. The van der Waals surface area contributed by atoms with Gasteiger partial charge in [0.2, 0.25) is 0 Å². The van der Waals surface area contributed by atoms with Crippen LogP contribution >= 0.6 is 35.0 Å². The van der Waals surface area contributed by atoms with Crippen LogP contribution in [0.4, 0.5) is 0 Å². The van der Waals surface area contributed by atoms with E-state index in [0.717, 1.165) is 4.90 Å². The second-order valence-electron chi connectivity index (χ2n) is 3.63. The minimum absolute atomic E-state index is 0.0802. The third kappa shape index (κ3) is 3.29. The molecule has 0 saturated carbocycles. The molecule has 0 aliphatic heterocycles. The third-order valence-electron chi connectivity index (χ3n) is 2.37. The first-order chi connectivity index (χ1) is 8.68. The van der Waals surface area contributed by atoms with Crippen molar-refractivity contribution < 1.29 is 4.79 Å². The summed E-state index contributed by atoms with van der Waals surface area (Å²) in [6.45, 7) is 0. The summed E-state index contributed by atoms with van der Waals surface area (Å²) in [5.41, 5.74) is 0.711. The van der Waals surface area contributed by atoms with Gasteiger partial charge in [-0.2, -0.15) is 0 Å². The fraction of sp³-hybridized carbons (Fsp3) is 0.0714. The molecule has 2 rings (SSSR count). The fourth-order valence-electron chi connectivity index (χ4n) is 1.45. The standard InChI is InChI=1S/C14H10Cl2OS/c15-11-7-4-8-13(14(11)16)18-9-12(17)10-5-2-1-3-6-10/h1-8H,9H2. The number of benzene rings is 2. The van der Waals surface area contributed by atoms with Gasteiger partial charge >= 0.3 is 0 Å². The van der Waals surface area contributed by atoms with E-state index in [4.69, 9.17) is 23.2 Å². The Kier molecular flexibility index (Phi) is 4.70. The van der Waals surface area contributed by atoms with Crippen molar-refractivity contribution in [2.24, 2.45) is 0 Å². The second-order valence-corrected chi connectivity index (χ2v) is 5.43. The van der Waals surface area contributed by atoms with Crippen LogP contribution in [0.2, 0.25) is 10.0 Å². The average Bonchev–Trinajstić information content (AvgIpc) is 2.41. The number of halogens is 2. The molecule has 0 atom stereocenters. The smallest absolute Gasteiger partial charge is 0.173 e. The largest absolute Gasteiger partial charge is 0.293 e. The molecule has 0 amide bonds. The summed E-state index contributed by atoms with van der Waals surface area (Å²) in [6, 6.07) is 14.6. The minimum atomic E-state index is 0.0802. The molecule has 0 heterocycles. The molecule has 0 saturated heterocycles. The molecule has 0 N–H and O–H groups in total. The molecule has 2 aromatic carbocycles. The minimum Gasteiger partial charge on any atom is -0.293 e. The van der Waals surface area contributed by atoms with Crippen LogP contribution in [0, 0.1) is 0 Å². The molecule has 18 heavy (non-hydrogen) atoms. The topological polar surface area (TPSA) is 17.1 Å². The zero-order chi connectivity index (χ0) is 13.0. The lowest BCUT2D eigenvalue weighted by atomic mass is 10.2. The van der Waals surface area contributed by atoms with Crippen LogP contribution in [0.1, 0.15) is 10.4 Å². The maximum atomic E-state index is 11.9. The summed E-state index contributed by atoms with van der Waals surface area (Å²) in [5, 5.41) is 1.01. The first-order valence-electron chi connectivity index (χ1n) is 5.33. The van der Waals surface area contributed by atoms with Crippen molar-refractivity contribution in [3.05, 3.63) is 64.1 Å². The Bertz CT molecular complexity index is 555. The van der Waals surface area contributed by atoms with Crippen LogP contribution in [0.3, 0.4) is 0 Å². The van der Waals surface area contributed by atoms with E-state index in [-0.39, 0.29) is 5.78 Å². The lowest BCUT2D eigenvalue weighted by Gasteiger charge is -2.05. The Hall–Kier alpha value is -0.960. The fourth-order valence-corrected chi connectivity index (χ4v) is 2.83. The third-order valence-corrected chi connectivity index (χ3v) is 4.36. The summed E-state index contributed by atoms with van der Waals surface area (Å²) < 4.78 is 0. The predicted octanol–water partition coefficient (Wildman–Crippen LogP) is 4.97.